The van der Waals surface area contributed by atoms with Crippen LogP contribution in [0.2, 0.25) is 0 Å². The van der Waals surface area contributed by atoms with Gasteiger partial charge in [0.2, 0.25) is 0 Å². The molecule has 0 unspecified atom stereocenters. The summed E-state index contributed by atoms with van der Waals surface area (Å²) in [6.07, 6.45) is 4.54. The molecule has 0 heterocycles. The van der Waals surface area contributed by atoms with Gasteiger partial charge in [-0.25, -0.2) is 0 Å². The standard InChI is InChI=1S/C8H18O2/c1-2-3-4-5-8(10)6-7-9/h8-10H,2-7H2,1H3/t8-/m0/s1. The lowest BCUT2D eigenvalue weighted by Gasteiger charge is -2.06. The Bertz CT molecular complexity index is 64.3. The maximum Gasteiger partial charge on any atom is 0.0562 e. The van der Waals surface area contributed by atoms with Gasteiger partial charge < -0.3 is 10.2 Å². The molecule has 2 N–H and O–H groups in total. The van der Waals surface area contributed by atoms with Crippen LogP contribution in [-0.4, -0.2) is 22.9 Å². The average Bonchev–Trinajstić information content (AvgIpc) is 1.89. The van der Waals surface area contributed by atoms with Crippen LogP contribution < -0.4 is 0 Å². The summed E-state index contributed by atoms with van der Waals surface area (Å²) < 4.78 is 0. The van der Waals surface area contributed by atoms with E-state index in [2.05, 4.69) is 6.92 Å². The van der Waals surface area contributed by atoms with Crippen LogP contribution >= 0.6 is 0 Å². The monoisotopic (exact) mass is 146 g/mol. The lowest BCUT2D eigenvalue weighted by Crippen LogP contribution is -2.07. The molecule has 0 spiro atoms. The van der Waals surface area contributed by atoms with E-state index < -0.39 is 0 Å². The second-order valence-corrected chi connectivity index (χ2v) is 2.66. The largest absolute Gasteiger partial charge is 0.396 e. The van der Waals surface area contributed by atoms with Gasteiger partial charge in [0, 0.05) is 6.61 Å². The molecule has 2 heteroatoms. The Morgan fingerprint density at radius 2 is 1.90 bits per heavy atom. The second kappa shape index (κ2) is 7.03. The molecular weight excluding hydrogens is 128 g/mol. The third kappa shape index (κ3) is 6.05. The fourth-order valence-electron chi connectivity index (χ4n) is 0.923. The lowest BCUT2D eigenvalue weighted by molar-refractivity contribution is 0.122. The van der Waals surface area contributed by atoms with Crippen molar-refractivity contribution < 1.29 is 10.2 Å². The first kappa shape index (κ1) is 9.92. The van der Waals surface area contributed by atoms with Gasteiger partial charge in [-0.3, -0.25) is 0 Å². The summed E-state index contributed by atoms with van der Waals surface area (Å²) in [5.74, 6) is 0. The Labute approximate surface area is 62.9 Å². The van der Waals surface area contributed by atoms with Crippen LogP contribution in [0.5, 0.6) is 0 Å². The third-order valence-electron chi connectivity index (χ3n) is 1.60. The number of unbranched alkanes of at least 4 members (excludes halogenated alkanes) is 2. The highest BCUT2D eigenvalue weighted by Crippen LogP contribution is 2.05. The molecule has 0 saturated carbocycles. The molecule has 0 aliphatic heterocycles. The molecule has 1 atom stereocenters. The quantitative estimate of drug-likeness (QED) is 0.555. The van der Waals surface area contributed by atoms with E-state index in [-0.39, 0.29) is 12.7 Å². The van der Waals surface area contributed by atoms with Crippen LogP contribution in [0, 0.1) is 0 Å². The smallest absolute Gasteiger partial charge is 0.0562 e. The van der Waals surface area contributed by atoms with Crippen molar-refractivity contribution in [2.24, 2.45) is 0 Å². The van der Waals surface area contributed by atoms with Crippen molar-refractivity contribution in [1.29, 1.82) is 0 Å². The van der Waals surface area contributed by atoms with Crippen molar-refractivity contribution in [1.82, 2.24) is 0 Å². The van der Waals surface area contributed by atoms with Crippen LogP contribution in [0.25, 0.3) is 0 Å². The highest BCUT2D eigenvalue weighted by Gasteiger charge is 2.00. The molecule has 2 nitrogen and oxygen atoms in total. The van der Waals surface area contributed by atoms with E-state index in [1.54, 1.807) is 0 Å². The molecule has 0 amide bonds. The molecule has 0 fully saturated rings. The fraction of sp³-hybridized carbons (Fsp3) is 1.00. The van der Waals surface area contributed by atoms with Gasteiger partial charge >= 0.3 is 0 Å². The number of aliphatic hydroxyl groups is 2. The molecule has 0 aliphatic carbocycles. The number of hydrogen-bond acceptors (Lipinski definition) is 2. The van der Waals surface area contributed by atoms with E-state index in [0.29, 0.717) is 6.42 Å². The van der Waals surface area contributed by atoms with E-state index in [9.17, 15) is 0 Å². The zero-order chi connectivity index (χ0) is 7.82. The lowest BCUT2D eigenvalue weighted by atomic mass is 10.1. The summed E-state index contributed by atoms with van der Waals surface area (Å²) in [5, 5.41) is 17.5. The van der Waals surface area contributed by atoms with Crippen LogP contribution in [0.3, 0.4) is 0 Å². The third-order valence-corrected chi connectivity index (χ3v) is 1.60. The van der Waals surface area contributed by atoms with Gasteiger partial charge in [0.1, 0.15) is 0 Å². The first-order valence-corrected chi connectivity index (χ1v) is 4.10. The highest BCUT2D eigenvalue weighted by atomic mass is 16.3. The minimum atomic E-state index is -0.281. The molecule has 0 radical (unpaired) electrons. The maximum atomic E-state index is 9.12. The maximum absolute atomic E-state index is 9.12. The van der Waals surface area contributed by atoms with Gasteiger partial charge in [0.15, 0.2) is 0 Å². The molecule has 0 aliphatic rings. The summed E-state index contributed by atoms with van der Waals surface area (Å²) in [6.45, 7) is 2.24. The molecule has 0 bridgehead atoms. The minimum Gasteiger partial charge on any atom is -0.396 e. The summed E-state index contributed by atoms with van der Waals surface area (Å²) in [4.78, 5) is 0. The van der Waals surface area contributed by atoms with Gasteiger partial charge in [0.05, 0.1) is 6.10 Å². The van der Waals surface area contributed by atoms with Crippen LogP contribution in [0.4, 0.5) is 0 Å². The fourth-order valence-corrected chi connectivity index (χ4v) is 0.923. The molecule has 0 saturated heterocycles. The highest BCUT2D eigenvalue weighted by molar-refractivity contribution is 4.53. The topological polar surface area (TPSA) is 40.5 Å². The van der Waals surface area contributed by atoms with Crippen molar-refractivity contribution >= 4 is 0 Å². The van der Waals surface area contributed by atoms with Gasteiger partial charge in [0.25, 0.3) is 0 Å². The van der Waals surface area contributed by atoms with Gasteiger partial charge in [-0.15, -0.1) is 0 Å². The van der Waals surface area contributed by atoms with Crippen LogP contribution in [-0.2, 0) is 0 Å². The molecular formula is C8H18O2. The Kier molecular flexibility index (Phi) is 6.98. The van der Waals surface area contributed by atoms with Crippen molar-refractivity contribution in [3.63, 3.8) is 0 Å². The summed E-state index contributed by atoms with van der Waals surface area (Å²) in [6, 6.07) is 0. The minimum absolute atomic E-state index is 0.104. The molecule has 0 aromatic rings. The molecule has 62 valence electrons. The zero-order valence-corrected chi connectivity index (χ0v) is 6.71. The Morgan fingerprint density at radius 3 is 2.40 bits per heavy atom. The van der Waals surface area contributed by atoms with E-state index in [1.807, 2.05) is 0 Å². The zero-order valence-electron chi connectivity index (χ0n) is 6.71. The van der Waals surface area contributed by atoms with Crippen molar-refractivity contribution in [3.05, 3.63) is 0 Å². The number of rotatable bonds is 6. The predicted molar refractivity (Wildman–Crippen MR) is 41.9 cm³/mol. The second-order valence-electron chi connectivity index (χ2n) is 2.66. The van der Waals surface area contributed by atoms with Crippen molar-refractivity contribution in [3.8, 4) is 0 Å². The number of aliphatic hydroxyl groups excluding tert-OH is 2. The van der Waals surface area contributed by atoms with Gasteiger partial charge in [-0.2, -0.15) is 0 Å². The van der Waals surface area contributed by atoms with Gasteiger partial charge in [-0.1, -0.05) is 26.2 Å². The number of hydrogen-bond donors (Lipinski definition) is 2. The van der Waals surface area contributed by atoms with Crippen molar-refractivity contribution in [2.75, 3.05) is 6.61 Å². The van der Waals surface area contributed by atoms with Gasteiger partial charge in [-0.05, 0) is 12.8 Å². The van der Waals surface area contributed by atoms with Crippen LogP contribution in [0.15, 0.2) is 0 Å². The first-order valence-electron chi connectivity index (χ1n) is 4.10. The van der Waals surface area contributed by atoms with Crippen molar-refractivity contribution in [2.45, 2.75) is 45.1 Å². The molecule has 0 aromatic heterocycles. The molecule has 0 aromatic carbocycles. The first-order chi connectivity index (χ1) is 4.81. The van der Waals surface area contributed by atoms with E-state index in [4.69, 9.17) is 10.2 Å². The van der Waals surface area contributed by atoms with E-state index >= 15 is 0 Å². The predicted octanol–water partition coefficient (Wildman–Crippen LogP) is 1.31. The Balaban J connectivity index is 2.97. The SMILES string of the molecule is CCCCC[C@H](O)CCO. The molecule has 0 rings (SSSR count). The Morgan fingerprint density at radius 1 is 1.20 bits per heavy atom. The van der Waals surface area contributed by atoms with Crippen LogP contribution in [0.1, 0.15) is 39.0 Å². The van der Waals surface area contributed by atoms with E-state index in [1.165, 1.54) is 12.8 Å². The van der Waals surface area contributed by atoms with E-state index in [0.717, 1.165) is 12.8 Å². The Hall–Kier alpha value is -0.0800. The summed E-state index contributed by atoms with van der Waals surface area (Å²) in [5.41, 5.74) is 0. The average molecular weight is 146 g/mol. The molecule has 10 heavy (non-hydrogen) atoms. The summed E-state index contributed by atoms with van der Waals surface area (Å²) >= 11 is 0. The normalized spacial score (nSPS) is 13.5. The summed E-state index contributed by atoms with van der Waals surface area (Å²) in [7, 11) is 0.